The Morgan fingerprint density at radius 2 is 2.14 bits per heavy atom. The fraction of sp³-hybridized carbons (Fsp3) is 0.538. The number of rotatable bonds is 6. The first-order valence-electron chi connectivity index (χ1n) is 6.69. The quantitative estimate of drug-likeness (QED) is 0.829. The third-order valence-electron chi connectivity index (χ3n) is 3.41. The lowest BCUT2D eigenvalue weighted by molar-refractivity contribution is -0.00476. The topological polar surface area (TPSA) is 81.4 Å². The van der Waals surface area contributed by atoms with Gasteiger partial charge in [-0.2, -0.15) is 0 Å². The summed E-state index contributed by atoms with van der Waals surface area (Å²) >= 11 is 5.82. The van der Waals surface area contributed by atoms with Crippen molar-refractivity contribution in [2.24, 2.45) is 5.73 Å². The molecule has 1 aliphatic rings. The Labute approximate surface area is 128 Å². The van der Waals surface area contributed by atoms with Crippen molar-refractivity contribution < 1.29 is 17.5 Å². The molecule has 3 N–H and O–H groups in total. The van der Waals surface area contributed by atoms with Crippen LogP contribution in [-0.4, -0.2) is 27.2 Å². The highest BCUT2D eigenvalue weighted by Crippen LogP contribution is 2.28. The van der Waals surface area contributed by atoms with Crippen molar-refractivity contribution in [1.29, 1.82) is 0 Å². The average Bonchev–Trinajstić information content (AvgIpc) is 2.38. The van der Waals surface area contributed by atoms with Gasteiger partial charge in [0.2, 0.25) is 10.0 Å². The van der Waals surface area contributed by atoms with Gasteiger partial charge in [0.25, 0.3) is 0 Å². The lowest BCUT2D eigenvalue weighted by Gasteiger charge is -2.35. The van der Waals surface area contributed by atoms with Gasteiger partial charge in [-0.3, -0.25) is 0 Å². The molecular formula is C13H18ClFN2O3S. The van der Waals surface area contributed by atoms with Crippen LogP contribution in [0.5, 0.6) is 0 Å². The zero-order chi connectivity index (χ0) is 15.6. The molecule has 0 atom stereocenters. The molecule has 0 amide bonds. The maximum absolute atomic E-state index is 14.1. The Balaban J connectivity index is 2.15. The summed E-state index contributed by atoms with van der Waals surface area (Å²) in [6.45, 7) is 2.35. The Hall–Kier alpha value is -0.730. The molecule has 5 nitrogen and oxygen atoms in total. The Morgan fingerprint density at radius 1 is 1.48 bits per heavy atom. The van der Waals surface area contributed by atoms with Crippen molar-refractivity contribution in [3.05, 3.63) is 28.5 Å². The van der Waals surface area contributed by atoms with Crippen LogP contribution in [0.15, 0.2) is 17.0 Å². The number of halogens is 2. The largest absolute Gasteiger partial charge is 0.378 e. The summed E-state index contributed by atoms with van der Waals surface area (Å²) < 4.78 is 46.5. The standard InChI is InChI=1S/C13H18ClFN2O3S/c1-2-20-11-5-10(6-11)17-21(18,19)12-4-9(14)3-8(7-16)13(12)15/h3-4,10-11,17H,2,5-7,16H2,1H3. The van der Waals surface area contributed by atoms with Crippen LogP contribution in [0.25, 0.3) is 0 Å². The predicted molar refractivity (Wildman–Crippen MR) is 78.1 cm³/mol. The van der Waals surface area contributed by atoms with Gasteiger partial charge in [-0.25, -0.2) is 17.5 Å². The van der Waals surface area contributed by atoms with E-state index < -0.39 is 20.7 Å². The van der Waals surface area contributed by atoms with Crippen molar-refractivity contribution in [2.75, 3.05) is 6.61 Å². The lowest BCUT2D eigenvalue weighted by Crippen LogP contribution is -2.47. The van der Waals surface area contributed by atoms with E-state index in [1.807, 2.05) is 6.92 Å². The van der Waals surface area contributed by atoms with E-state index in [-0.39, 0.29) is 29.3 Å². The summed E-state index contributed by atoms with van der Waals surface area (Å²) in [6.07, 6.45) is 1.23. The van der Waals surface area contributed by atoms with Gasteiger partial charge in [0.05, 0.1) is 6.10 Å². The van der Waals surface area contributed by atoms with Crippen molar-refractivity contribution in [3.8, 4) is 0 Å². The van der Waals surface area contributed by atoms with Crippen LogP contribution in [0.3, 0.4) is 0 Å². The summed E-state index contributed by atoms with van der Waals surface area (Å²) in [5.41, 5.74) is 5.46. The molecule has 0 bridgehead atoms. The van der Waals surface area contributed by atoms with Crippen LogP contribution in [0.1, 0.15) is 25.3 Å². The van der Waals surface area contributed by atoms with Gasteiger partial charge in [0.15, 0.2) is 0 Å². The van der Waals surface area contributed by atoms with E-state index in [0.717, 1.165) is 6.07 Å². The molecule has 0 spiro atoms. The van der Waals surface area contributed by atoms with Crippen LogP contribution in [0, 0.1) is 5.82 Å². The maximum Gasteiger partial charge on any atom is 0.243 e. The summed E-state index contributed by atoms with van der Waals surface area (Å²) in [4.78, 5) is -0.463. The highest BCUT2D eigenvalue weighted by atomic mass is 35.5. The molecule has 1 fully saturated rings. The Kier molecular flexibility index (Phi) is 5.21. The highest BCUT2D eigenvalue weighted by molar-refractivity contribution is 7.89. The second-order valence-corrected chi connectivity index (χ2v) is 7.07. The minimum absolute atomic E-state index is 0.0616. The van der Waals surface area contributed by atoms with Crippen molar-refractivity contribution in [3.63, 3.8) is 0 Å². The molecular weight excluding hydrogens is 319 g/mol. The zero-order valence-electron chi connectivity index (χ0n) is 11.6. The molecule has 0 unspecified atom stereocenters. The molecule has 0 aromatic heterocycles. The molecule has 0 saturated heterocycles. The molecule has 118 valence electrons. The van der Waals surface area contributed by atoms with E-state index in [2.05, 4.69) is 4.72 Å². The molecule has 1 saturated carbocycles. The second-order valence-electron chi connectivity index (χ2n) is 4.95. The minimum atomic E-state index is -3.97. The van der Waals surface area contributed by atoms with E-state index in [1.165, 1.54) is 6.07 Å². The molecule has 0 radical (unpaired) electrons. The van der Waals surface area contributed by atoms with Gasteiger partial charge in [0, 0.05) is 29.8 Å². The van der Waals surface area contributed by atoms with Gasteiger partial charge in [-0.05, 0) is 31.9 Å². The summed E-state index contributed by atoms with van der Waals surface area (Å²) in [5, 5.41) is 0.137. The van der Waals surface area contributed by atoms with E-state index in [1.54, 1.807) is 0 Å². The number of nitrogens with two attached hydrogens (primary N) is 1. The molecule has 2 rings (SSSR count). The Morgan fingerprint density at radius 3 is 2.71 bits per heavy atom. The van der Waals surface area contributed by atoms with Gasteiger partial charge < -0.3 is 10.5 Å². The number of nitrogens with one attached hydrogen (secondary N) is 1. The number of sulfonamides is 1. The number of ether oxygens (including phenoxy) is 1. The van der Waals surface area contributed by atoms with Gasteiger partial charge in [-0.1, -0.05) is 11.6 Å². The first-order valence-corrected chi connectivity index (χ1v) is 8.55. The van der Waals surface area contributed by atoms with E-state index in [9.17, 15) is 12.8 Å². The molecule has 1 aromatic carbocycles. The Bertz CT molecular complexity index is 618. The van der Waals surface area contributed by atoms with Crippen LogP contribution >= 0.6 is 11.6 Å². The molecule has 1 aliphatic carbocycles. The highest BCUT2D eigenvalue weighted by Gasteiger charge is 2.34. The van der Waals surface area contributed by atoms with Crippen molar-refractivity contribution in [2.45, 2.75) is 43.4 Å². The smallest absolute Gasteiger partial charge is 0.243 e. The summed E-state index contributed by atoms with van der Waals surface area (Å²) in [7, 11) is -3.97. The van der Waals surface area contributed by atoms with Crippen LogP contribution in [-0.2, 0) is 21.3 Å². The fourth-order valence-corrected chi connectivity index (χ4v) is 3.99. The zero-order valence-corrected chi connectivity index (χ0v) is 13.2. The first-order chi connectivity index (χ1) is 9.87. The average molecular weight is 337 g/mol. The van der Waals surface area contributed by atoms with E-state index in [4.69, 9.17) is 22.1 Å². The van der Waals surface area contributed by atoms with Crippen LogP contribution < -0.4 is 10.5 Å². The SMILES string of the molecule is CCOC1CC(NS(=O)(=O)c2cc(Cl)cc(CN)c2F)C1. The number of hydrogen-bond donors (Lipinski definition) is 2. The van der Waals surface area contributed by atoms with E-state index in [0.29, 0.717) is 19.4 Å². The third-order valence-corrected chi connectivity index (χ3v) is 5.15. The minimum Gasteiger partial charge on any atom is -0.378 e. The molecule has 8 heteroatoms. The van der Waals surface area contributed by atoms with Crippen molar-refractivity contribution in [1.82, 2.24) is 4.72 Å². The number of hydrogen-bond acceptors (Lipinski definition) is 4. The molecule has 0 aliphatic heterocycles. The molecule has 1 aromatic rings. The van der Waals surface area contributed by atoms with Gasteiger partial charge in [-0.15, -0.1) is 0 Å². The van der Waals surface area contributed by atoms with Crippen molar-refractivity contribution >= 4 is 21.6 Å². The fourth-order valence-electron chi connectivity index (χ4n) is 2.28. The number of benzene rings is 1. The summed E-state index contributed by atoms with van der Waals surface area (Å²) in [6, 6.07) is 2.17. The maximum atomic E-state index is 14.1. The normalized spacial score (nSPS) is 22.1. The first kappa shape index (κ1) is 16.6. The molecule has 0 heterocycles. The lowest BCUT2D eigenvalue weighted by atomic mass is 9.90. The van der Waals surface area contributed by atoms with E-state index >= 15 is 0 Å². The predicted octanol–water partition coefficient (Wildman–Crippen LogP) is 1.78. The summed E-state index contributed by atoms with van der Waals surface area (Å²) in [5.74, 6) is -0.852. The van der Waals surface area contributed by atoms with Gasteiger partial charge in [0.1, 0.15) is 10.7 Å². The van der Waals surface area contributed by atoms with Crippen LogP contribution in [0.4, 0.5) is 4.39 Å². The second kappa shape index (κ2) is 6.58. The molecule has 21 heavy (non-hydrogen) atoms. The monoisotopic (exact) mass is 336 g/mol. The van der Waals surface area contributed by atoms with Gasteiger partial charge >= 0.3 is 0 Å². The third kappa shape index (κ3) is 3.73. The van der Waals surface area contributed by atoms with Crippen LogP contribution in [0.2, 0.25) is 5.02 Å².